The smallest absolute Gasteiger partial charge is 0.138 e. The van der Waals surface area contributed by atoms with Gasteiger partial charge >= 0.3 is 0 Å². The molecule has 1 aliphatic carbocycles. The molecule has 0 aromatic carbocycles. The van der Waals surface area contributed by atoms with E-state index in [0.717, 1.165) is 16.8 Å². The van der Waals surface area contributed by atoms with Crippen LogP contribution in [0, 0.1) is 0 Å². The molecule has 2 rings (SSSR count). The zero-order valence-electron chi connectivity index (χ0n) is 8.79. The van der Waals surface area contributed by atoms with Crippen LogP contribution in [0.1, 0.15) is 37.8 Å². The summed E-state index contributed by atoms with van der Waals surface area (Å²) < 4.78 is 5.88. The Hall–Kier alpha value is -0.570. The van der Waals surface area contributed by atoms with Gasteiger partial charge < -0.3 is 4.74 Å². The minimum atomic E-state index is 0.412. The van der Waals surface area contributed by atoms with Gasteiger partial charge in [-0.25, -0.2) is 0 Å². The highest BCUT2D eigenvalue weighted by Crippen LogP contribution is 2.23. The van der Waals surface area contributed by atoms with Crippen LogP contribution in [0.25, 0.3) is 0 Å². The van der Waals surface area contributed by atoms with Gasteiger partial charge in [-0.1, -0.05) is 22.4 Å². The number of hydrogen-bond donors (Lipinski definition) is 0. The summed E-state index contributed by atoms with van der Waals surface area (Å²) in [5, 5.41) is 0.802. The second kappa shape index (κ2) is 5.50. The lowest BCUT2D eigenvalue weighted by Crippen LogP contribution is -2.19. The molecular formula is C12H16BrNO. The van der Waals surface area contributed by atoms with Crippen molar-refractivity contribution in [2.45, 2.75) is 43.5 Å². The molecule has 1 fully saturated rings. The molecular weight excluding hydrogens is 254 g/mol. The fourth-order valence-electron chi connectivity index (χ4n) is 1.94. The Balaban J connectivity index is 1.91. The van der Waals surface area contributed by atoms with Crippen LogP contribution >= 0.6 is 15.9 Å². The predicted octanol–water partition coefficient (Wildman–Crippen LogP) is 3.69. The normalized spacial score (nSPS) is 17.7. The molecule has 15 heavy (non-hydrogen) atoms. The molecule has 1 saturated carbocycles. The van der Waals surface area contributed by atoms with E-state index in [1.165, 1.54) is 32.1 Å². The van der Waals surface area contributed by atoms with Crippen LogP contribution in [-0.2, 0) is 5.33 Å². The van der Waals surface area contributed by atoms with Gasteiger partial charge in [-0.3, -0.25) is 4.98 Å². The van der Waals surface area contributed by atoms with Crippen LogP contribution in [0.5, 0.6) is 5.75 Å². The summed E-state index contributed by atoms with van der Waals surface area (Å²) in [5.74, 6) is 0.909. The van der Waals surface area contributed by atoms with E-state index in [1.807, 2.05) is 18.3 Å². The quantitative estimate of drug-likeness (QED) is 0.781. The minimum absolute atomic E-state index is 0.412. The third-order valence-electron chi connectivity index (χ3n) is 2.79. The first-order chi connectivity index (χ1) is 7.38. The largest absolute Gasteiger partial charge is 0.489 e. The van der Waals surface area contributed by atoms with Crippen LogP contribution in [0.3, 0.4) is 0 Å². The molecule has 1 aromatic rings. The lowest BCUT2D eigenvalue weighted by molar-refractivity contribution is 0.154. The van der Waals surface area contributed by atoms with Crippen LogP contribution in [0.2, 0.25) is 0 Å². The fraction of sp³-hybridized carbons (Fsp3) is 0.583. The standard InChI is InChI=1S/C12H16BrNO/c13-8-10-6-7-12(9-14-10)15-11-4-2-1-3-5-11/h6-7,9,11H,1-5,8H2. The Bertz CT molecular complexity index is 293. The van der Waals surface area contributed by atoms with E-state index in [0.29, 0.717) is 6.10 Å². The summed E-state index contributed by atoms with van der Waals surface area (Å²) in [6.07, 6.45) is 8.59. The fourth-order valence-corrected chi connectivity index (χ4v) is 2.27. The molecule has 1 aromatic heterocycles. The first-order valence-corrected chi connectivity index (χ1v) is 6.68. The molecule has 82 valence electrons. The number of ether oxygens (including phenoxy) is 1. The highest BCUT2D eigenvalue weighted by molar-refractivity contribution is 9.08. The molecule has 2 nitrogen and oxygen atoms in total. The van der Waals surface area contributed by atoms with E-state index in [1.54, 1.807) is 0 Å². The molecule has 0 aliphatic heterocycles. The number of rotatable bonds is 3. The lowest BCUT2D eigenvalue weighted by Gasteiger charge is -2.22. The van der Waals surface area contributed by atoms with Gasteiger partial charge in [0, 0.05) is 5.33 Å². The Kier molecular flexibility index (Phi) is 4.01. The van der Waals surface area contributed by atoms with Gasteiger partial charge in [0.2, 0.25) is 0 Å². The van der Waals surface area contributed by atoms with Gasteiger partial charge in [-0.2, -0.15) is 0 Å². The Morgan fingerprint density at radius 2 is 2.07 bits per heavy atom. The van der Waals surface area contributed by atoms with Crippen molar-refractivity contribution in [1.29, 1.82) is 0 Å². The molecule has 0 spiro atoms. The van der Waals surface area contributed by atoms with Crippen molar-refractivity contribution in [1.82, 2.24) is 4.98 Å². The Morgan fingerprint density at radius 1 is 1.27 bits per heavy atom. The highest BCUT2D eigenvalue weighted by atomic mass is 79.9. The number of halogens is 1. The van der Waals surface area contributed by atoms with E-state index in [9.17, 15) is 0 Å². The van der Waals surface area contributed by atoms with Crippen molar-refractivity contribution in [3.63, 3.8) is 0 Å². The van der Waals surface area contributed by atoms with Gasteiger partial charge in [0.25, 0.3) is 0 Å². The third kappa shape index (κ3) is 3.20. The highest BCUT2D eigenvalue weighted by Gasteiger charge is 2.14. The molecule has 0 radical (unpaired) electrons. The van der Waals surface area contributed by atoms with E-state index >= 15 is 0 Å². The van der Waals surface area contributed by atoms with Crippen molar-refractivity contribution in [3.8, 4) is 5.75 Å². The van der Waals surface area contributed by atoms with Crippen LogP contribution in [-0.4, -0.2) is 11.1 Å². The number of nitrogens with zero attached hydrogens (tertiary/aromatic N) is 1. The van der Waals surface area contributed by atoms with Crippen LogP contribution < -0.4 is 4.74 Å². The molecule has 1 aliphatic rings. The summed E-state index contributed by atoms with van der Waals surface area (Å²) in [4.78, 5) is 4.29. The molecule has 3 heteroatoms. The van der Waals surface area contributed by atoms with Gasteiger partial charge in [0.1, 0.15) is 5.75 Å². The molecule has 0 N–H and O–H groups in total. The molecule has 0 bridgehead atoms. The maximum absolute atomic E-state index is 5.88. The zero-order chi connectivity index (χ0) is 10.5. The Morgan fingerprint density at radius 3 is 2.67 bits per heavy atom. The Labute approximate surface area is 99.2 Å². The molecule has 0 amide bonds. The van der Waals surface area contributed by atoms with Gasteiger partial charge in [0.05, 0.1) is 18.0 Å². The summed E-state index contributed by atoms with van der Waals surface area (Å²) in [7, 11) is 0. The summed E-state index contributed by atoms with van der Waals surface area (Å²) >= 11 is 3.38. The SMILES string of the molecule is BrCc1ccc(OC2CCCCC2)cn1. The summed E-state index contributed by atoms with van der Waals surface area (Å²) in [6, 6.07) is 4.02. The third-order valence-corrected chi connectivity index (χ3v) is 3.36. The maximum Gasteiger partial charge on any atom is 0.138 e. The molecule has 1 heterocycles. The average Bonchev–Trinajstić information content (AvgIpc) is 2.31. The number of alkyl halides is 1. The van der Waals surface area contributed by atoms with E-state index in [-0.39, 0.29) is 0 Å². The topological polar surface area (TPSA) is 22.1 Å². The van der Waals surface area contributed by atoms with E-state index in [2.05, 4.69) is 20.9 Å². The van der Waals surface area contributed by atoms with Gasteiger partial charge in [0.15, 0.2) is 0 Å². The predicted molar refractivity (Wildman–Crippen MR) is 64.4 cm³/mol. The summed E-state index contributed by atoms with van der Waals surface area (Å²) in [5.41, 5.74) is 1.05. The monoisotopic (exact) mass is 269 g/mol. The number of hydrogen-bond acceptors (Lipinski definition) is 2. The second-order valence-corrected chi connectivity index (χ2v) is 4.56. The van der Waals surface area contributed by atoms with E-state index in [4.69, 9.17) is 4.74 Å². The van der Waals surface area contributed by atoms with Crippen molar-refractivity contribution >= 4 is 15.9 Å². The van der Waals surface area contributed by atoms with Crippen molar-refractivity contribution in [3.05, 3.63) is 24.0 Å². The van der Waals surface area contributed by atoms with Gasteiger partial charge in [-0.05, 0) is 37.8 Å². The lowest BCUT2D eigenvalue weighted by atomic mass is 9.98. The maximum atomic E-state index is 5.88. The van der Waals surface area contributed by atoms with Crippen molar-refractivity contribution in [2.24, 2.45) is 0 Å². The van der Waals surface area contributed by atoms with Gasteiger partial charge in [-0.15, -0.1) is 0 Å². The van der Waals surface area contributed by atoms with Crippen LogP contribution in [0.4, 0.5) is 0 Å². The second-order valence-electron chi connectivity index (χ2n) is 4.00. The molecule has 0 atom stereocenters. The average molecular weight is 270 g/mol. The molecule has 0 unspecified atom stereocenters. The van der Waals surface area contributed by atoms with Crippen LogP contribution in [0.15, 0.2) is 18.3 Å². The molecule has 0 saturated heterocycles. The van der Waals surface area contributed by atoms with Crippen molar-refractivity contribution < 1.29 is 4.74 Å². The first kappa shape index (κ1) is 10.9. The minimum Gasteiger partial charge on any atom is -0.489 e. The summed E-state index contributed by atoms with van der Waals surface area (Å²) in [6.45, 7) is 0. The van der Waals surface area contributed by atoms with E-state index < -0.39 is 0 Å². The zero-order valence-corrected chi connectivity index (χ0v) is 10.4. The van der Waals surface area contributed by atoms with Crippen molar-refractivity contribution in [2.75, 3.05) is 0 Å². The number of pyridine rings is 1. The number of aromatic nitrogens is 1. The first-order valence-electron chi connectivity index (χ1n) is 5.56.